The number of carbonyl (C=O) groups is 2. The van der Waals surface area contributed by atoms with Gasteiger partial charge in [-0.3, -0.25) is 4.79 Å². The first-order valence-electron chi connectivity index (χ1n) is 11.1. The van der Waals surface area contributed by atoms with Gasteiger partial charge in [0.25, 0.3) is 5.91 Å². The first kappa shape index (κ1) is 32.6. The van der Waals surface area contributed by atoms with E-state index in [1.54, 1.807) is 20.8 Å². The molecule has 2 amide bonds. The van der Waals surface area contributed by atoms with Crippen LogP contribution in [0.15, 0.2) is 36.4 Å². The van der Waals surface area contributed by atoms with Crippen LogP contribution in [0.4, 0.5) is 31.1 Å². The van der Waals surface area contributed by atoms with Gasteiger partial charge in [0.05, 0.1) is 32.1 Å². The molecule has 2 aromatic carbocycles. The SMILES string of the molecule is CC(C)(C)N(CCNC(=O)c1ccc(/C=C/C(c2cc(Cl)c(Cl)c(Cl)c2)C(F)(F)F)cc1C(F)(F)F)C(=O)O. The lowest BCUT2D eigenvalue weighted by Gasteiger charge is -2.33. The minimum Gasteiger partial charge on any atom is -0.465 e. The van der Waals surface area contributed by atoms with Gasteiger partial charge in [0, 0.05) is 18.6 Å². The third-order valence-electron chi connectivity index (χ3n) is 5.45. The number of halogens is 9. The highest BCUT2D eigenvalue weighted by atomic mass is 35.5. The molecule has 214 valence electrons. The number of nitrogens with one attached hydrogen (secondary N) is 1. The molecular weight excluding hydrogens is 597 g/mol. The molecule has 0 aliphatic carbocycles. The van der Waals surface area contributed by atoms with Crippen LogP contribution in [0.2, 0.25) is 15.1 Å². The molecule has 0 saturated carbocycles. The second-order valence-electron chi connectivity index (χ2n) is 9.34. The summed E-state index contributed by atoms with van der Waals surface area (Å²) >= 11 is 17.5. The number of amides is 2. The van der Waals surface area contributed by atoms with Crippen LogP contribution in [-0.4, -0.2) is 46.8 Å². The number of benzene rings is 2. The van der Waals surface area contributed by atoms with E-state index < -0.39 is 46.9 Å². The van der Waals surface area contributed by atoms with E-state index in [1.807, 2.05) is 0 Å². The number of hydrogen-bond donors (Lipinski definition) is 2. The highest BCUT2D eigenvalue weighted by molar-refractivity contribution is 6.48. The molecule has 0 spiro atoms. The number of carbonyl (C=O) groups excluding carboxylic acids is 1. The van der Waals surface area contributed by atoms with Crippen molar-refractivity contribution in [2.45, 2.75) is 44.6 Å². The zero-order valence-electron chi connectivity index (χ0n) is 20.6. The van der Waals surface area contributed by atoms with E-state index in [0.29, 0.717) is 12.1 Å². The standard InChI is InChI=1S/C25H23Cl3F6N2O3/c1-23(2,3)36(22(38)39)9-8-35-21(37)15-6-4-13(10-17(15)25(32,33)34)5-7-16(24(29,30)31)14-11-18(26)20(28)19(27)12-14/h4-7,10-12,16H,8-9H2,1-3H3,(H,35,37)(H,38,39)/b7-5+. The minimum absolute atomic E-state index is 0.148. The molecule has 1 atom stereocenters. The molecule has 0 heterocycles. The molecule has 0 saturated heterocycles. The minimum atomic E-state index is -5.02. The summed E-state index contributed by atoms with van der Waals surface area (Å²) in [5, 5.41) is 10.9. The van der Waals surface area contributed by atoms with Crippen LogP contribution in [0, 0.1) is 0 Å². The van der Waals surface area contributed by atoms with Crippen molar-refractivity contribution >= 4 is 52.9 Å². The van der Waals surface area contributed by atoms with Gasteiger partial charge in [0.15, 0.2) is 0 Å². The van der Waals surface area contributed by atoms with Crippen molar-refractivity contribution in [1.82, 2.24) is 10.2 Å². The summed E-state index contributed by atoms with van der Waals surface area (Å²) in [5.74, 6) is -3.40. The van der Waals surface area contributed by atoms with E-state index in [0.717, 1.165) is 35.2 Å². The van der Waals surface area contributed by atoms with E-state index in [2.05, 4.69) is 5.32 Å². The Labute approximate surface area is 235 Å². The molecule has 0 aromatic heterocycles. The molecule has 2 N–H and O–H groups in total. The summed E-state index contributed by atoms with van der Waals surface area (Å²) < 4.78 is 82.6. The fourth-order valence-corrected chi connectivity index (χ4v) is 4.18. The van der Waals surface area contributed by atoms with Crippen LogP contribution in [0.1, 0.15) is 53.7 Å². The maximum Gasteiger partial charge on any atom is 0.417 e. The lowest BCUT2D eigenvalue weighted by atomic mass is 9.96. The molecular formula is C25H23Cl3F6N2O3. The number of rotatable bonds is 7. The number of allylic oxidation sites excluding steroid dienone is 1. The quantitative estimate of drug-likeness (QED) is 0.241. The van der Waals surface area contributed by atoms with Gasteiger partial charge in [0.2, 0.25) is 0 Å². The van der Waals surface area contributed by atoms with Crippen molar-refractivity contribution in [3.63, 3.8) is 0 Å². The molecule has 14 heteroatoms. The maximum atomic E-state index is 13.8. The Bertz CT molecular complexity index is 1230. The monoisotopic (exact) mass is 618 g/mol. The van der Waals surface area contributed by atoms with Crippen molar-refractivity contribution in [3.8, 4) is 0 Å². The van der Waals surface area contributed by atoms with E-state index in [9.17, 15) is 41.0 Å². The van der Waals surface area contributed by atoms with Gasteiger partial charge in [-0.05, 0) is 56.2 Å². The maximum absolute atomic E-state index is 13.8. The second kappa shape index (κ2) is 12.3. The van der Waals surface area contributed by atoms with Crippen molar-refractivity contribution < 1.29 is 41.0 Å². The van der Waals surface area contributed by atoms with Crippen molar-refractivity contribution in [2.24, 2.45) is 0 Å². The van der Waals surface area contributed by atoms with Crippen LogP contribution in [0.3, 0.4) is 0 Å². The number of alkyl halides is 6. The number of carboxylic acid groups (broad SMARTS) is 1. The Morgan fingerprint density at radius 1 is 1.00 bits per heavy atom. The summed E-state index contributed by atoms with van der Waals surface area (Å²) in [7, 11) is 0. The van der Waals surface area contributed by atoms with Crippen LogP contribution in [0.25, 0.3) is 6.08 Å². The molecule has 5 nitrogen and oxygen atoms in total. The smallest absolute Gasteiger partial charge is 0.417 e. The average Bonchev–Trinajstić information content (AvgIpc) is 2.77. The van der Waals surface area contributed by atoms with Gasteiger partial charge in [-0.15, -0.1) is 0 Å². The van der Waals surface area contributed by atoms with E-state index in [4.69, 9.17) is 34.8 Å². The first-order chi connectivity index (χ1) is 17.7. The predicted octanol–water partition coefficient (Wildman–Crippen LogP) is 8.53. The highest BCUT2D eigenvalue weighted by Crippen LogP contribution is 2.41. The molecule has 1 unspecified atom stereocenters. The molecule has 2 rings (SSSR count). The Morgan fingerprint density at radius 2 is 1.56 bits per heavy atom. The Kier molecular flexibility index (Phi) is 10.2. The Morgan fingerprint density at radius 3 is 2.03 bits per heavy atom. The van der Waals surface area contributed by atoms with E-state index in [-0.39, 0.29) is 39.3 Å². The van der Waals surface area contributed by atoms with Crippen LogP contribution >= 0.6 is 34.8 Å². The van der Waals surface area contributed by atoms with Crippen molar-refractivity contribution in [2.75, 3.05) is 13.1 Å². The van der Waals surface area contributed by atoms with Gasteiger partial charge in [0.1, 0.15) is 0 Å². The lowest BCUT2D eigenvalue weighted by Crippen LogP contribution is -2.48. The van der Waals surface area contributed by atoms with Crippen molar-refractivity contribution in [3.05, 3.63) is 73.7 Å². The van der Waals surface area contributed by atoms with Gasteiger partial charge in [-0.1, -0.05) is 53.0 Å². The van der Waals surface area contributed by atoms with E-state index >= 15 is 0 Å². The van der Waals surface area contributed by atoms with Gasteiger partial charge < -0.3 is 15.3 Å². The number of hydrogen-bond acceptors (Lipinski definition) is 2. The fraction of sp³-hybridized carbons (Fsp3) is 0.360. The largest absolute Gasteiger partial charge is 0.465 e. The summed E-state index contributed by atoms with van der Waals surface area (Å²) in [4.78, 5) is 24.9. The zero-order valence-corrected chi connectivity index (χ0v) is 22.9. The zero-order chi connectivity index (χ0) is 29.9. The van der Waals surface area contributed by atoms with E-state index in [1.165, 1.54) is 0 Å². The molecule has 0 aliphatic heterocycles. The number of nitrogens with zero attached hydrogens (tertiary/aromatic N) is 1. The van der Waals surface area contributed by atoms with Crippen LogP contribution < -0.4 is 5.32 Å². The third kappa shape index (κ3) is 8.68. The molecule has 0 bridgehead atoms. The second-order valence-corrected chi connectivity index (χ2v) is 10.5. The van der Waals surface area contributed by atoms with Crippen LogP contribution in [-0.2, 0) is 6.18 Å². The fourth-order valence-electron chi connectivity index (χ4n) is 3.56. The summed E-state index contributed by atoms with van der Waals surface area (Å²) in [5.41, 5.74) is -3.62. The normalized spacial score (nSPS) is 13.4. The molecule has 0 radical (unpaired) electrons. The summed E-state index contributed by atoms with van der Waals surface area (Å²) in [6, 6.07) is 4.33. The predicted molar refractivity (Wildman–Crippen MR) is 138 cm³/mol. The topological polar surface area (TPSA) is 69.6 Å². The molecule has 0 fully saturated rings. The van der Waals surface area contributed by atoms with Gasteiger partial charge >= 0.3 is 18.4 Å². The molecule has 2 aromatic rings. The lowest BCUT2D eigenvalue weighted by molar-refractivity contribution is -0.139. The van der Waals surface area contributed by atoms with Crippen molar-refractivity contribution in [1.29, 1.82) is 0 Å². The van der Waals surface area contributed by atoms with Crippen LogP contribution in [0.5, 0.6) is 0 Å². The summed E-state index contributed by atoms with van der Waals surface area (Å²) in [6.07, 6.45) is -9.67. The summed E-state index contributed by atoms with van der Waals surface area (Å²) in [6.45, 7) is 4.36. The highest BCUT2D eigenvalue weighted by Gasteiger charge is 2.40. The Hall–Kier alpha value is -2.63. The molecule has 39 heavy (non-hydrogen) atoms. The average molecular weight is 620 g/mol. The third-order valence-corrected chi connectivity index (χ3v) is 6.65. The van der Waals surface area contributed by atoms with Gasteiger partial charge in [-0.2, -0.15) is 26.3 Å². The first-order valence-corrected chi connectivity index (χ1v) is 12.3. The Balaban J connectivity index is 2.36. The van der Waals surface area contributed by atoms with Gasteiger partial charge in [-0.25, -0.2) is 4.79 Å². The molecule has 0 aliphatic rings.